The van der Waals surface area contributed by atoms with Crippen molar-refractivity contribution in [3.05, 3.63) is 65.2 Å². The van der Waals surface area contributed by atoms with Gasteiger partial charge in [-0.25, -0.2) is 0 Å². The quantitative estimate of drug-likeness (QED) is 0.912. The molecule has 0 unspecified atom stereocenters. The molecule has 1 N–H and O–H groups in total. The van der Waals surface area contributed by atoms with Crippen molar-refractivity contribution in [1.82, 2.24) is 0 Å². The minimum absolute atomic E-state index is 0.657. The van der Waals surface area contributed by atoms with Crippen LogP contribution < -0.4 is 4.74 Å². The number of methoxy groups -OCH3 is 1. The third-order valence-electron chi connectivity index (χ3n) is 3.82. The Morgan fingerprint density at radius 1 is 1.05 bits per heavy atom. The number of hydrogen-bond donors (Lipinski definition) is 1. The van der Waals surface area contributed by atoms with E-state index in [1.54, 1.807) is 7.11 Å². The van der Waals surface area contributed by atoms with Crippen molar-refractivity contribution < 1.29 is 9.84 Å². The molecule has 19 heavy (non-hydrogen) atoms. The van der Waals surface area contributed by atoms with Gasteiger partial charge in [-0.2, -0.15) is 0 Å². The van der Waals surface area contributed by atoms with E-state index in [0.29, 0.717) is 6.42 Å². The second kappa shape index (κ2) is 4.71. The number of aliphatic hydroxyl groups is 1. The van der Waals surface area contributed by atoms with Crippen molar-refractivity contribution in [3.63, 3.8) is 0 Å². The van der Waals surface area contributed by atoms with Crippen molar-refractivity contribution >= 4 is 0 Å². The van der Waals surface area contributed by atoms with Gasteiger partial charge in [0.1, 0.15) is 5.75 Å². The Balaban J connectivity index is 1.81. The topological polar surface area (TPSA) is 29.5 Å². The standard InChI is InChI=1S/C17H18O2/c1-19-16-8-4-5-13(9-16)10-17(18)11-14-6-2-3-7-15(14)12-17/h2-9,18H,10-12H2,1H3. The van der Waals surface area contributed by atoms with Gasteiger partial charge in [-0.3, -0.25) is 0 Å². The molecule has 3 rings (SSSR count). The minimum Gasteiger partial charge on any atom is -0.497 e. The summed E-state index contributed by atoms with van der Waals surface area (Å²) in [6.45, 7) is 0. The van der Waals surface area contributed by atoms with Gasteiger partial charge in [0.15, 0.2) is 0 Å². The second-order valence-corrected chi connectivity index (χ2v) is 5.37. The first-order chi connectivity index (χ1) is 9.18. The van der Waals surface area contributed by atoms with Crippen LogP contribution in [0, 0.1) is 0 Å². The van der Waals surface area contributed by atoms with Gasteiger partial charge in [0.05, 0.1) is 12.7 Å². The summed E-state index contributed by atoms with van der Waals surface area (Å²) in [5, 5.41) is 10.8. The van der Waals surface area contributed by atoms with Gasteiger partial charge in [-0.1, -0.05) is 36.4 Å². The predicted octanol–water partition coefficient (Wildman–Crippen LogP) is 2.77. The fraction of sp³-hybridized carbons (Fsp3) is 0.294. The van der Waals surface area contributed by atoms with Crippen LogP contribution in [0.3, 0.4) is 0 Å². The van der Waals surface area contributed by atoms with Crippen molar-refractivity contribution in [2.24, 2.45) is 0 Å². The fourth-order valence-corrected chi connectivity index (χ4v) is 2.96. The van der Waals surface area contributed by atoms with Crippen LogP contribution in [0.4, 0.5) is 0 Å². The normalized spacial score (nSPS) is 16.1. The lowest BCUT2D eigenvalue weighted by atomic mass is 9.91. The molecule has 0 aliphatic heterocycles. The van der Waals surface area contributed by atoms with Crippen LogP contribution in [0.25, 0.3) is 0 Å². The lowest BCUT2D eigenvalue weighted by Crippen LogP contribution is -2.32. The van der Waals surface area contributed by atoms with Gasteiger partial charge in [0.25, 0.3) is 0 Å². The van der Waals surface area contributed by atoms with E-state index in [1.807, 2.05) is 36.4 Å². The first kappa shape index (κ1) is 12.2. The summed E-state index contributed by atoms with van der Waals surface area (Å²) in [6.07, 6.45) is 2.14. The van der Waals surface area contributed by atoms with E-state index in [9.17, 15) is 5.11 Å². The summed E-state index contributed by atoms with van der Waals surface area (Å²) < 4.78 is 5.23. The average Bonchev–Trinajstić information content (AvgIpc) is 2.74. The molecular formula is C17H18O2. The summed E-state index contributed by atoms with van der Waals surface area (Å²) >= 11 is 0. The Kier molecular flexibility index (Phi) is 3.03. The summed E-state index contributed by atoms with van der Waals surface area (Å²) in [5.41, 5.74) is 3.01. The van der Waals surface area contributed by atoms with Crippen molar-refractivity contribution in [2.45, 2.75) is 24.9 Å². The molecular weight excluding hydrogens is 236 g/mol. The second-order valence-electron chi connectivity index (χ2n) is 5.37. The van der Waals surface area contributed by atoms with Crippen LogP contribution in [0.2, 0.25) is 0 Å². The molecule has 98 valence electrons. The average molecular weight is 254 g/mol. The van der Waals surface area contributed by atoms with Crippen molar-refractivity contribution in [2.75, 3.05) is 7.11 Å². The Morgan fingerprint density at radius 2 is 1.74 bits per heavy atom. The Labute approximate surface area is 113 Å². The third kappa shape index (κ3) is 2.49. The molecule has 2 aromatic carbocycles. The van der Waals surface area contributed by atoms with Crippen LogP contribution >= 0.6 is 0 Å². The van der Waals surface area contributed by atoms with Gasteiger partial charge in [-0.15, -0.1) is 0 Å². The Bertz CT molecular complexity index is 564. The fourth-order valence-electron chi connectivity index (χ4n) is 2.96. The van der Waals surface area contributed by atoms with Crippen LogP contribution in [0.5, 0.6) is 5.75 Å². The highest BCUT2D eigenvalue weighted by molar-refractivity contribution is 5.37. The van der Waals surface area contributed by atoms with Crippen LogP contribution in [0.15, 0.2) is 48.5 Å². The molecule has 0 amide bonds. The SMILES string of the molecule is COc1cccc(CC2(O)Cc3ccccc3C2)c1. The van der Waals surface area contributed by atoms with Crippen molar-refractivity contribution in [3.8, 4) is 5.75 Å². The number of ether oxygens (including phenoxy) is 1. The zero-order valence-electron chi connectivity index (χ0n) is 11.1. The highest BCUT2D eigenvalue weighted by Crippen LogP contribution is 2.33. The van der Waals surface area contributed by atoms with Crippen LogP contribution in [-0.2, 0) is 19.3 Å². The lowest BCUT2D eigenvalue weighted by Gasteiger charge is -2.22. The molecule has 2 aromatic rings. The van der Waals surface area contributed by atoms with E-state index in [2.05, 4.69) is 12.1 Å². The molecule has 0 spiro atoms. The van der Waals surface area contributed by atoms with Crippen LogP contribution in [-0.4, -0.2) is 17.8 Å². The molecule has 1 aliphatic rings. The maximum absolute atomic E-state index is 10.8. The first-order valence-electron chi connectivity index (χ1n) is 6.61. The number of rotatable bonds is 3. The maximum atomic E-state index is 10.8. The van der Waals surface area contributed by atoms with Gasteiger partial charge >= 0.3 is 0 Å². The minimum atomic E-state index is -0.657. The summed E-state index contributed by atoms with van der Waals surface area (Å²) in [4.78, 5) is 0. The molecule has 0 radical (unpaired) electrons. The molecule has 0 fully saturated rings. The molecule has 0 heterocycles. The van der Waals surface area contributed by atoms with E-state index in [4.69, 9.17) is 4.74 Å². The molecule has 0 atom stereocenters. The van der Waals surface area contributed by atoms with E-state index in [0.717, 1.165) is 24.2 Å². The molecule has 0 saturated carbocycles. The maximum Gasteiger partial charge on any atom is 0.119 e. The predicted molar refractivity (Wildman–Crippen MR) is 75.5 cm³/mol. The highest BCUT2D eigenvalue weighted by Gasteiger charge is 2.34. The van der Waals surface area contributed by atoms with E-state index < -0.39 is 5.60 Å². The van der Waals surface area contributed by atoms with Crippen LogP contribution in [0.1, 0.15) is 16.7 Å². The number of hydrogen-bond acceptors (Lipinski definition) is 2. The monoisotopic (exact) mass is 254 g/mol. The van der Waals surface area contributed by atoms with Gasteiger partial charge in [0, 0.05) is 19.3 Å². The highest BCUT2D eigenvalue weighted by atomic mass is 16.5. The molecule has 1 aliphatic carbocycles. The Morgan fingerprint density at radius 3 is 2.37 bits per heavy atom. The summed E-state index contributed by atoms with van der Waals surface area (Å²) in [5.74, 6) is 0.844. The van der Waals surface area contributed by atoms with E-state index >= 15 is 0 Å². The molecule has 0 bridgehead atoms. The van der Waals surface area contributed by atoms with Gasteiger partial charge < -0.3 is 9.84 Å². The zero-order valence-corrected chi connectivity index (χ0v) is 11.1. The zero-order chi connectivity index (χ0) is 13.3. The van der Waals surface area contributed by atoms with Crippen molar-refractivity contribution in [1.29, 1.82) is 0 Å². The summed E-state index contributed by atoms with van der Waals surface area (Å²) in [7, 11) is 1.67. The number of fused-ring (bicyclic) bond motifs is 1. The third-order valence-corrected chi connectivity index (χ3v) is 3.82. The first-order valence-corrected chi connectivity index (χ1v) is 6.61. The molecule has 0 saturated heterocycles. The lowest BCUT2D eigenvalue weighted by molar-refractivity contribution is 0.0518. The molecule has 2 nitrogen and oxygen atoms in total. The smallest absolute Gasteiger partial charge is 0.119 e. The van der Waals surface area contributed by atoms with Gasteiger partial charge in [0.2, 0.25) is 0 Å². The molecule has 0 aromatic heterocycles. The number of benzene rings is 2. The van der Waals surface area contributed by atoms with Gasteiger partial charge in [-0.05, 0) is 28.8 Å². The molecule has 2 heteroatoms. The Hall–Kier alpha value is -1.80. The summed E-state index contributed by atoms with van der Waals surface area (Å²) in [6, 6.07) is 16.2. The van der Waals surface area contributed by atoms with E-state index in [-0.39, 0.29) is 0 Å². The largest absolute Gasteiger partial charge is 0.497 e. The van der Waals surface area contributed by atoms with E-state index in [1.165, 1.54) is 11.1 Å².